The smallest absolute Gasteiger partial charge is 0.431 e. The molecule has 0 aliphatic heterocycles. The molecule has 0 spiro atoms. The average molecular weight is 625 g/mol. The van der Waals surface area contributed by atoms with Gasteiger partial charge in [-0.15, -0.1) is 0 Å². The second-order valence-electron chi connectivity index (χ2n) is 14.0. The second-order valence-corrected chi connectivity index (χ2v) is 14.0. The summed E-state index contributed by atoms with van der Waals surface area (Å²) in [5.41, 5.74) is 7.63. The van der Waals surface area contributed by atoms with Gasteiger partial charge in [0.15, 0.2) is 0 Å². The number of halogens is 2. The van der Waals surface area contributed by atoms with Gasteiger partial charge in [-0.05, 0) is 102 Å². The van der Waals surface area contributed by atoms with Crippen LogP contribution in [0.15, 0.2) is 42.5 Å². The molecule has 0 unspecified atom stereocenters. The Balaban J connectivity index is 1.12. The van der Waals surface area contributed by atoms with Crippen LogP contribution in [0.2, 0.25) is 0 Å². The molecule has 4 fully saturated rings. The molecule has 0 radical (unpaired) electrons. The summed E-state index contributed by atoms with van der Waals surface area (Å²) in [6.07, 6.45) is 2.44. The fourth-order valence-corrected chi connectivity index (χ4v) is 7.22. The third-order valence-electron chi connectivity index (χ3n) is 9.16. The summed E-state index contributed by atoms with van der Waals surface area (Å²) >= 11 is 0. The second kappa shape index (κ2) is 11.3. The number of nitrogens with one attached hydrogen (secondary N) is 1. The minimum atomic E-state index is -2.70. The van der Waals surface area contributed by atoms with Crippen molar-refractivity contribution in [2.75, 3.05) is 5.32 Å². The molecule has 3 aromatic rings. The molecule has 240 valence electrons. The van der Waals surface area contributed by atoms with E-state index in [1.165, 1.54) is 30.3 Å². The van der Waals surface area contributed by atoms with E-state index in [0.717, 1.165) is 37.8 Å². The lowest BCUT2D eigenvalue weighted by atomic mass is 9.38. The van der Waals surface area contributed by atoms with Crippen molar-refractivity contribution < 1.29 is 28.0 Å². The third kappa shape index (κ3) is 6.63. The number of pyridine rings is 1. The maximum Gasteiger partial charge on any atom is 0.514 e. The number of benzene rings is 1. The first-order chi connectivity index (χ1) is 21.2. The van der Waals surface area contributed by atoms with E-state index in [1.807, 2.05) is 37.6 Å². The van der Waals surface area contributed by atoms with Crippen LogP contribution in [0.4, 0.5) is 30.8 Å². The van der Waals surface area contributed by atoms with Crippen LogP contribution in [0.5, 0.6) is 5.75 Å². The molecule has 3 N–H and O–H groups in total. The van der Waals surface area contributed by atoms with Crippen molar-refractivity contribution in [2.45, 2.75) is 102 Å². The van der Waals surface area contributed by atoms with E-state index in [9.17, 15) is 23.7 Å². The number of anilines is 2. The van der Waals surface area contributed by atoms with Crippen molar-refractivity contribution in [2.24, 2.45) is 11.1 Å². The van der Waals surface area contributed by atoms with Crippen LogP contribution < -0.4 is 15.8 Å². The number of alkyl halides is 2. The summed E-state index contributed by atoms with van der Waals surface area (Å²) in [7, 11) is 0. The number of rotatable bonds is 10. The van der Waals surface area contributed by atoms with Gasteiger partial charge in [0.2, 0.25) is 0 Å². The highest BCUT2D eigenvalue weighted by Crippen LogP contribution is 2.67. The first-order valence-electron chi connectivity index (χ1n) is 15.3. The number of nitrogens with two attached hydrogens (primary N) is 1. The maximum atomic E-state index is 13.9. The van der Waals surface area contributed by atoms with E-state index in [2.05, 4.69) is 10.3 Å². The Labute approximate surface area is 259 Å². The first kappa shape index (κ1) is 30.9. The quantitative estimate of drug-likeness (QED) is 0.103. The molecule has 4 saturated carbocycles. The Bertz CT molecular complexity index is 1580. The summed E-state index contributed by atoms with van der Waals surface area (Å²) in [4.78, 5) is 27.0. The van der Waals surface area contributed by atoms with Gasteiger partial charge >= 0.3 is 6.16 Å². The highest BCUT2D eigenvalue weighted by atomic mass is 19.3. The summed E-state index contributed by atoms with van der Waals surface area (Å²) in [6, 6.07) is 10.3. The molecule has 13 heteroatoms. The molecule has 0 amide bonds. The summed E-state index contributed by atoms with van der Waals surface area (Å²) < 4.78 is 40.3. The normalized spacial score (nSPS) is 25.4. The number of ether oxygens (including phenoxy) is 2. The average Bonchev–Trinajstić information content (AvgIpc) is 3.57. The highest BCUT2D eigenvalue weighted by molar-refractivity contribution is 5.64. The van der Waals surface area contributed by atoms with Gasteiger partial charge < -0.3 is 20.5 Å². The minimum absolute atomic E-state index is 0.00188. The van der Waals surface area contributed by atoms with Crippen LogP contribution in [0.3, 0.4) is 0 Å². The fraction of sp³-hybridized carbons (Fsp3) is 0.531. The lowest BCUT2D eigenvalue weighted by molar-refractivity contribution is -0.384. The molecule has 4 aliphatic rings. The van der Waals surface area contributed by atoms with Gasteiger partial charge in [0.1, 0.15) is 23.4 Å². The lowest BCUT2D eigenvalue weighted by Crippen LogP contribution is -2.72. The predicted octanol–water partition coefficient (Wildman–Crippen LogP) is 7.29. The zero-order chi connectivity index (χ0) is 32.1. The Morgan fingerprint density at radius 3 is 2.51 bits per heavy atom. The lowest BCUT2D eigenvalue weighted by Gasteiger charge is -2.69. The molecule has 2 heterocycles. The summed E-state index contributed by atoms with van der Waals surface area (Å²) in [5, 5.41) is 19.1. The van der Waals surface area contributed by atoms with Crippen molar-refractivity contribution in [3.05, 3.63) is 69.7 Å². The molecule has 7 rings (SSSR count). The van der Waals surface area contributed by atoms with Gasteiger partial charge in [-0.25, -0.2) is 18.3 Å². The molecule has 1 aromatic carbocycles. The Morgan fingerprint density at radius 2 is 1.89 bits per heavy atom. The summed E-state index contributed by atoms with van der Waals surface area (Å²) in [6.45, 7) is 6.04. The van der Waals surface area contributed by atoms with Crippen LogP contribution in [0.25, 0.3) is 0 Å². The van der Waals surface area contributed by atoms with Crippen molar-refractivity contribution in [3.8, 4) is 5.75 Å². The third-order valence-corrected chi connectivity index (χ3v) is 9.16. The standard InChI is InChI=1S/C32H38F2N6O5/c1-30(2,3)39-27(37-21-13-20(36-26(14-21)28(33)34)10-11-31-16-32(35,17-31)18-31)15-25(38-39)19-4-7-24(12-19)45-29(41)44-23-8-5-22(6-9-23)40(42)43/h5-6,8-9,13-15,19,24,28H,4,7,10-12,16-18,35H2,1-3H3,(H,36,37)/t19-,24+,31?,32?/m0/s1. The van der Waals surface area contributed by atoms with E-state index in [1.54, 1.807) is 0 Å². The van der Waals surface area contributed by atoms with Gasteiger partial charge in [0, 0.05) is 41.0 Å². The number of nitro groups is 1. The largest absolute Gasteiger partial charge is 0.514 e. The number of aryl methyl sites for hydroxylation is 1. The van der Waals surface area contributed by atoms with Gasteiger partial charge in [-0.1, -0.05) is 0 Å². The van der Waals surface area contributed by atoms with E-state index >= 15 is 0 Å². The SMILES string of the molecule is CC(C)(C)n1nc([C@H]2CC[C@@H](OC(=O)Oc3ccc([N+](=O)[O-])cc3)C2)cc1Nc1cc(CCC23CC(N)(C2)C3)nc(C(F)F)c1. The first-order valence-corrected chi connectivity index (χ1v) is 15.3. The molecule has 2 atom stereocenters. The van der Waals surface area contributed by atoms with Crippen molar-refractivity contribution in [1.82, 2.24) is 14.8 Å². The van der Waals surface area contributed by atoms with Gasteiger partial charge in [0.05, 0.1) is 16.2 Å². The zero-order valence-electron chi connectivity index (χ0n) is 25.6. The molecule has 45 heavy (non-hydrogen) atoms. The van der Waals surface area contributed by atoms with Crippen LogP contribution in [-0.4, -0.2) is 37.5 Å². The van der Waals surface area contributed by atoms with Crippen LogP contribution in [0, 0.1) is 15.5 Å². The zero-order valence-corrected chi connectivity index (χ0v) is 25.6. The maximum absolute atomic E-state index is 13.9. The Kier molecular flexibility index (Phi) is 7.78. The molecule has 2 aromatic heterocycles. The van der Waals surface area contributed by atoms with Crippen LogP contribution >= 0.6 is 0 Å². The fourth-order valence-electron chi connectivity index (χ4n) is 7.22. The Morgan fingerprint density at radius 1 is 1.18 bits per heavy atom. The van der Waals surface area contributed by atoms with Crippen molar-refractivity contribution >= 4 is 23.3 Å². The number of hydrogen-bond donors (Lipinski definition) is 2. The Hall–Kier alpha value is -4.13. The summed E-state index contributed by atoms with van der Waals surface area (Å²) in [5.74, 6) is 0.827. The number of hydrogen-bond acceptors (Lipinski definition) is 9. The number of nitro benzene ring substituents is 1. The molecule has 11 nitrogen and oxygen atoms in total. The van der Waals surface area contributed by atoms with Gasteiger partial charge in [-0.2, -0.15) is 5.10 Å². The number of nitrogens with zero attached hydrogens (tertiary/aromatic N) is 4. The number of carbonyl (C=O) groups is 1. The number of aromatic nitrogens is 3. The van der Waals surface area contributed by atoms with E-state index < -0.39 is 23.0 Å². The van der Waals surface area contributed by atoms with E-state index in [-0.39, 0.29) is 40.1 Å². The van der Waals surface area contributed by atoms with Crippen LogP contribution in [-0.2, 0) is 16.7 Å². The van der Waals surface area contributed by atoms with Gasteiger partial charge in [-0.3, -0.25) is 15.1 Å². The molecule has 4 aliphatic carbocycles. The van der Waals surface area contributed by atoms with E-state index in [0.29, 0.717) is 36.5 Å². The topological polar surface area (TPSA) is 147 Å². The van der Waals surface area contributed by atoms with Crippen LogP contribution in [0.1, 0.15) is 95.1 Å². The molecule has 0 saturated heterocycles. The van der Waals surface area contributed by atoms with Crippen molar-refractivity contribution in [3.63, 3.8) is 0 Å². The number of non-ortho nitro benzene ring substituents is 1. The highest BCUT2D eigenvalue weighted by Gasteiger charge is 2.64. The minimum Gasteiger partial charge on any atom is -0.431 e. The van der Waals surface area contributed by atoms with E-state index in [4.69, 9.17) is 20.3 Å². The molecular weight excluding hydrogens is 586 g/mol. The van der Waals surface area contributed by atoms with Crippen molar-refractivity contribution in [1.29, 1.82) is 0 Å². The van der Waals surface area contributed by atoms with Gasteiger partial charge in [0.25, 0.3) is 12.1 Å². The predicted molar refractivity (Wildman–Crippen MR) is 162 cm³/mol. The monoisotopic (exact) mass is 624 g/mol. The number of carbonyl (C=O) groups excluding carboxylic acids is 1. The molecular formula is C32H38F2N6O5. The molecule has 2 bridgehead atoms.